The fourth-order valence-electron chi connectivity index (χ4n) is 3.56. The first-order valence-electron chi connectivity index (χ1n) is 10.1. The highest BCUT2D eigenvalue weighted by molar-refractivity contribution is 5.95. The van der Waals surface area contributed by atoms with Gasteiger partial charge in [0.2, 0.25) is 5.91 Å². The van der Waals surface area contributed by atoms with Crippen molar-refractivity contribution in [2.75, 3.05) is 19.0 Å². The number of ether oxygens (including phenoxy) is 2. The Balaban J connectivity index is 1.59. The minimum atomic E-state index is -0.202. The highest BCUT2D eigenvalue weighted by Crippen LogP contribution is 2.28. The lowest BCUT2D eigenvalue weighted by molar-refractivity contribution is -0.119. The first-order valence-corrected chi connectivity index (χ1v) is 10.1. The van der Waals surface area contributed by atoms with E-state index in [1.807, 2.05) is 31.2 Å². The second-order valence-corrected chi connectivity index (χ2v) is 7.15. The van der Waals surface area contributed by atoms with Gasteiger partial charge >= 0.3 is 0 Å². The molecular formula is C23H28N2O4. The maximum Gasteiger partial charge on any atom is 0.251 e. The number of amides is 2. The summed E-state index contributed by atoms with van der Waals surface area (Å²) < 4.78 is 10.8. The Hall–Kier alpha value is -3.02. The molecule has 6 nitrogen and oxygen atoms in total. The Kier molecular flexibility index (Phi) is 7.11. The van der Waals surface area contributed by atoms with Crippen LogP contribution in [0.5, 0.6) is 11.5 Å². The van der Waals surface area contributed by atoms with Crippen molar-refractivity contribution < 1.29 is 19.1 Å². The van der Waals surface area contributed by atoms with E-state index >= 15 is 0 Å². The molecule has 1 saturated carbocycles. The van der Waals surface area contributed by atoms with Crippen molar-refractivity contribution in [3.63, 3.8) is 0 Å². The lowest BCUT2D eigenvalue weighted by Crippen LogP contribution is -2.23. The standard InChI is InChI=1S/C23H28N2O4/c1-3-29-20-12-11-18(14-21(20)28-2)22(26)24-15-16-7-6-10-19(13-16)25-23(27)17-8-4-5-9-17/h6-7,10-14,17H,3-5,8-9,15H2,1-2H3,(H,24,26)(H,25,27). The molecule has 0 atom stereocenters. The first kappa shape index (κ1) is 20.7. The van der Waals surface area contributed by atoms with E-state index in [2.05, 4.69) is 10.6 Å². The SMILES string of the molecule is CCOc1ccc(C(=O)NCc2cccc(NC(=O)C3CCCC3)c2)cc1OC. The second kappa shape index (κ2) is 9.96. The van der Waals surface area contributed by atoms with Crippen LogP contribution in [0.15, 0.2) is 42.5 Å². The Bertz CT molecular complexity index is 860. The molecule has 2 aromatic carbocycles. The molecule has 2 amide bonds. The Morgan fingerprint density at radius 3 is 2.59 bits per heavy atom. The predicted octanol–water partition coefficient (Wildman–Crippen LogP) is 4.15. The molecule has 0 unspecified atom stereocenters. The summed E-state index contributed by atoms with van der Waals surface area (Å²) in [5, 5.41) is 5.90. The normalized spacial score (nSPS) is 13.7. The summed E-state index contributed by atoms with van der Waals surface area (Å²) >= 11 is 0. The third kappa shape index (κ3) is 5.50. The van der Waals surface area contributed by atoms with Crippen molar-refractivity contribution in [3.05, 3.63) is 53.6 Å². The van der Waals surface area contributed by atoms with Gasteiger partial charge < -0.3 is 20.1 Å². The van der Waals surface area contributed by atoms with Gasteiger partial charge in [0, 0.05) is 23.7 Å². The van der Waals surface area contributed by atoms with Crippen molar-refractivity contribution in [1.82, 2.24) is 5.32 Å². The van der Waals surface area contributed by atoms with Gasteiger partial charge in [-0.3, -0.25) is 9.59 Å². The van der Waals surface area contributed by atoms with E-state index < -0.39 is 0 Å². The van der Waals surface area contributed by atoms with E-state index in [0.29, 0.717) is 30.2 Å². The molecule has 154 valence electrons. The number of hydrogen-bond acceptors (Lipinski definition) is 4. The summed E-state index contributed by atoms with van der Waals surface area (Å²) in [5.41, 5.74) is 2.17. The molecule has 2 aromatic rings. The van der Waals surface area contributed by atoms with Gasteiger partial charge in [-0.1, -0.05) is 25.0 Å². The largest absolute Gasteiger partial charge is 0.493 e. The molecule has 0 spiro atoms. The smallest absolute Gasteiger partial charge is 0.251 e. The predicted molar refractivity (Wildman–Crippen MR) is 112 cm³/mol. The zero-order valence-corrected chi connectivity index (χ0v) is 17.0. The molecule has 0 aliphatic heterocycles. The average Bonchev–Trinajstić information content (AvgIpc) is 3.28. The average molecular weight is 396 g/mol. The van der Waals surface area contributed by atoms with Crippen LogP contribution in [0.1, 0.15) is 48.5 Å². The van der Waals surface area contributed by atoms with Gasteiger partial charge in [-0.15, -0.1) is 0 Å². The van der Waals surface area contributed by atoms with Gasteiger partial charge in [-0.2, -0.15) is 0 Å². The van der Waals surface area contributed by atoms with Crippen LogP contribution in [-0.4, -0.2) is 25.5 Å². The Morgan fingerprint density at radius 1 is 1.07 bits per heavy atom. The van der Waals surface area contributed by atoms with Crippen molar-refractivity contribution in [2.24, 2.45) is 5.92 Å². The molecule has 0 radical (unpaired) electrons. The zero-order chi connectivity index (χ0) is 20.6. The number of carbonyl (C=O) groups is 2. The van der Waals surface area contributed by atoms with E-state index in [1.54, 1.807) is 25.3 Å². The van der Waals surface area contributed by atoms with E-state index in [0.717, 1.165) is 36.9 Å². The highest BCUT2D eigenvalue weighted by atomic mass is 16.5. The van der Waals surface area contributed by atoms with Gasteiger partial charge in [0.1, 0.15) is 0 Å². The first-order chi connectivity index (χ1) is 14.1. The summed E-state index contributed by atoms with van der Waals surface area (Å²) in [7, 11) is 1.55. The molecule has 0 bridgehead atoms. The molecule has 2 N–H and O–H groups in total. The number of carbonyl (C=O) groups excluding carboxylic acids is 2. The number of rotatable bonds is 8. The van der Waals surface area contributed by atoms with Crippen molar-refractivity contribution >= 4 is 17.5 Å². The van der Waals surface area contributed by atoms with E-state index in [-0.39, 0.29) is 17.7 Å². The molecule has 6 heteroatoms. The molecule has 3 rings (SSSR count). The summed E-state index contributed by atoms with van der Waals surface area (Å²) in [6.07, 6.45) is 4.18. The number of benzene rings is 2. The fourth-order valence-corrected chi connectivity index (χ4v) is 3.56. The minimum Gasteiger partial charge on any atom is -0.493 e. The highest BCUT2D eigenvalue weighted by Gasteiger charge is 2.22. The van der Waals surface area contributed by atoms with Gasteiger partial charge in [0.05, 0.1) is 13.7 Å². The van der Waals surface area contributed by atoms with Gasteiger partial charge in [-0.05, 0) is 55.7 Å². The number of anilines is 1. The maximum atomic E-state index is 12.5. The van der Waals surface area contributed by atoms with Crippen molar-refractivity contribution in [3.8, 4) is 11.5 Å². The Morgan fingerprint density at radius 2 is 1.86 bits per heavy atom. The lowest BCUT2D eigenvalue weighted by Gasteiger charge is -2.13. The second-order valence-electron chi connectivity index (χ2n) is 7.15. The number of hydrogen-bond donors (Lipinski definition) is 2. The van der Waals surface area contributed by atoms with E-state index in [4.69, 9.17) is 9.47 Å². The molecule has 0 saturated heterocycles. The zero-order valence-electron chi connectivity index (χ0n) is 17.0. The molecule has 1 aliphatic carbocycles. The summed E-state index contributed by atoms with van der Waals surface area (Å²) in [6, 6.07) is 12.7. The van der Waals surface area contributed by atoms with Crippen molar-refractivity contribution in [2.45, 2.75) is 39.2 Å². The van der Waals surface area contributed by atoms with Gasteiger partial charge in [-0.25, -0.2) is 0 Å². The summed E-state index contributed by atoms with van der Waals surface area (Å²) in [6.45, 7) is 2.78. The van der Waals surface area contributed by atoms with E-state index in [1.165, 1.54) is 0 Å². The number of methoxy groups -OCH3 is 1. The molecule has 29 heavy (non-hydrogen) atoms. The van der Waals surface area contributed by atoms with Crippen LogP contribution in [0.4, 0.5) is 5.69 Å². The van der Waals surface area contributed by atoms with Gasteiger partial charge in [0.25, 0.3) is 5.91 Å². The molecule has 1 aliphatic rings. The summed E-state index contributed by atoms with van der Waals surface area (Å²) in [4.78, 5) is 24.8. The van der Waals surface area contributed by atoms with Crippen LogP contribution < -0.4 is 20.1 Å². The summed E-state index contributed by atoms with van der Waals surface area (Å²) in [5.74, 6) is 1.14. The van der Waals surface area contributed by atoms with Crippen LogP contribution in [0.3, 0.4) is 0 Å². The fraction of sp³-hybridized carbons (Fsp3) is 0.391. The maximum absolute atomic E-state index is 12.5. The quantitative estimate of drug-likeness (QED) is 0.703. The minimum absolute atomic E-state index is 0.0881. The number of nitrogens with one attached hydrogen (secondary N) is 2. The molecule has 1 fully saturated rings. The molecule has 0 aromatic heterocycles. The monoisotopic (exact) mass is 396 g/mol. The topological polar surface area (TPSA) is 76.7 Å². The van der Waals surface area contributed by atoms with Crippen LogP contribution >= 0.6 is 0 Å². The van der Waals surface area contributed by atoms with Crippen LogP contribution in [0, 0.1) is 5.92 Å². The van der Waals surface area contributed by atoms with E-state index in [9.17, 15) is 9.59 Å². The van der Waals surface area contributed by atoms with Crippen molar-refractivity contribution in [1.29, 1.82) is 0 Å². The molecular weight excluding hydrogens is 368 g/mol. The third-order valence-corrected chi connectivity index (χ3v) is 5.10. The van der Waals surface area contributed by atoms with Crippen LogP contribution in [0.2, 0.25) is 0 Å². The van der Waals surface area contributed by atoms with Gasteiger partial charge in [0.15, 0.2) is 11.5 Å². The van der Waals surface area contributed by atoms with Crippen LogP contribution in [0.25, 0.3) is 0 Å². The lowest BCUT2D eigenvalue weighted by atomic mass is 10.1. The third-order valence-electron chi connectivity index (χ3n) is 5.10. The van der Waals surface area contributed by atoms with Crippen LogP contribution in [-0.2, 0) is 11.3 Å². The molecule has 0 heterocycles. The Labute approximate surface area is 171 Å².